The number of hydrogen-bond acceptors (Lipinski definition) is 3. The van der Waals surface area contributed by atoms with Crippen LogP contribution in [-0.4, -0.2) is 36.5 Å². The lowest BCUT2D eigenvalue weighted by molar-refractivity contribution is -0.0855. The summed E-state index contributed by atoms with van der Waals surface area (Å²) >= 11 is 0. The second-order valence-electron chi connectivity index (χ2n) is 6.45. The van der Waals surface area contributed by atoms with Crippen LogP contribution in [0.15, 0.2) is 5.16 Å². The molecule has 0 aromatic rings. The number of oxime groups is 1. The van der Waals surface area contributed by atoms with Gasteiger partial charge >= 0.3 is 0 Å². The highest BCUT2D eigenvalue weighted by Gasteiger charge is 2.59. The summed E-state index contributed by atoms with van der Waals surface area (Å²) in [6.45, 7) is 7.97. The van der Waals surface area contributed by atoms with Crippen LogP contribution in [0.4, 0.5) is 0 Å². The van der Waals surface area contributed by atoms with Crippen molar-refractivity contribution in [1.82, 2.24) is 4.90 Å². The average molecular weight is 224 g/mol. The van der Waals surface area contributed by atoms with Gasteiger partial charge in [-0.3, -0.25) is 0 Å². The van der Waals surface area contributed by atoms with Gasteiger partial charge in [-0.2, -0.15) is 0 Å². The first-order valence-electron chi connectivity index (χ1n) is 6.26. The minimum atomic E-state index is 0.425. The van der Waals surface area contributed by atoms with Crippen molar-refractivity contribution in [3.63, 3.8) is 0 Å². The highest BCUT2D eigenvalue weighted by Crippen LogP contribution is 2.62. The first-order valence-corrected chi connectivity index (χ1v) is 6.26. The van der Waals surface area contributed by atoms with Crippen molar-refractivity contribution in [1.29, 1.82) is 0 Å². The SMILES string of the molecule is CC1/C(=N\O)C(CN(C)C)C2CC1C2(C)C. The minimum absolute atomic E-state index is 0.425. The van der Waals surface area contributed by atoms with Gasteiger partial charge in [-0.1, -0.05) is 25.9 Å². The summed E-state index contributed by atoms with van der Waals surface area (Å²) in [5, 5.41) is 12.8. The molecule has 92 valence electrons. The monoisotopic (exact) mass is 224 g/mol. The third-order valence-electron chi connectivity index (χ3n) is 5.03. The van der Waals surface area contributed by atoms with Crippen molar-refractivity contribution < 1.29 is 5.21 Å². The van der Waals surface area contributed by atoms with E-state index in [9.17, 15) is 5.21 Å². The third kappa shape index (κ3) is 1.48. The molecule has 4 atom stereocenters. The fourth-order valence-corrected chi connectivity index (χ4v) is 4.06. The van der Waals surface area contributed by atoms with E-state index in [-0.39, 0.29) is 0 Å². The maximum atomic E-state index is 9.22. The second-order valence-corrected chi connectivity index (χ2v) is 6.45. The number of fused-ring (bicyclic) bond motifs is 2. The van der Waals surface area contributed by atoms with Crippen molar-refractivity contribution >= 4 is 5.71 Å². The summed E-state index contributed by atoms with van der Waals surface area (Å²) in [6, 6.07) is 0. The smallest absolute Gasteiger partial charge is 0.0648 e. The molecular formula is C13H24N2O. The molecule has 0 aliphatic heterocycles. The van der Waals surface area contributed by atoms with Gasteiger partial charge < -0.3 is 10.1 Å². The van der Waals surface area contributed by atoms with Gasteiger partial charge in [-0.05, 0) is 37.8 Å². The van der Waals surface area contributed by atoms with Crippen molar-refractivity contribution in [3.05, 3.63) is 0 Å². The maximum Gasteiger partial charge on any atom is 0.0648 e. The molecule has 0 radical (unpaired) electrons. The van der Waals surface area contributed by atoms with Gasteiger partial charge in [-0.25, -0.2) is 0 Å². The van der Waals surface area contributed by atoms with Gasteiger partial charge in [-0.15, -0.1) is 0 Å². The lowest BCUT2D eigenvalue weighted by Gasteiger charge is -2.63. The summed E-state index contributed by atoms with van der Waals surface area (Å²) in [5.41, 5.74) is 1.46. The van der Waals surface area contributed by atoms with E-state index in [1.54, 1.807) is 0 Å². The molecule has 0 aromatic heterocycles. The molecule has 4 unspecified atom stereocenters. The largest absolute Gasteiger partial charge is 0.411 e. The van der Waals surface area contributed by atoms with Gasteiger partial charge in [0, 0.05) is 18.4 Å². The van der Waals surface area contributed by atoms with Crippen LogP contribution in [0.2, 0.25) is 0 Å². The van der Waals surface area contributed by atoms with Crippen molar-refractivity contribution in [3.8, 4) is 0 Å². The summed E-state index contributed by atoms with van der Waals surface area (Å²) in [6.07, 6.45) is 1.31. The highest BCUT2D eigenvalue weighted by atomic mass is 16.4. The molecule has 0 heterocycles. The van der Waals surface area contributed by atoms with Crippen LogP contribution in [0, 0.1) is 29.1 Å². The Morgan fingerprint density at radius 2 is 2.00 bits per heavy atom. The maximum absolute atomic E-state index is 9.22. The molecule has 3 aliphatic rings. The predicted octanol–water partition coefficient (Wildman–Crippen LogP) is 2.31. The number of rotatable bonds is 2. The highest BCUT2D eigenvalue weighted by molar-refractivity contribution is 5.91. The Morgan fingerprint density at radius 1 is 1.38 bits per heavy atom. The van der Waals surface area contributed by atoms with E-state index in [2.05, 4.69) is 44.9 Å². The fourth-order valence-electron chi connectivity index (χ4n) is 4.06. The Labute approximate surface area is 98.5 Å². The van der Waals surface area contributed by atoms with E-state index in [0.717, 1.165) is 12.3 Å². The van der Waals surface area contributed by atoms with Crippen LogP contribution in [0.3, 0.4) is 0 Å². The molecule has 3 heteroatoms. The average Bonchev–Trinajstić information content (AvgIpc) is 2.15. The van der Waals surface area contributed by atoms with Crippen molar-refractivity contribution in [2.75, 3.05) is 20.6 Å². The normalized spacial score (nSPS) is 43.5. The van der Waals surface area contributed by atoms with Gasteiger partial charge in [0.05, 0.1) is 5.71 Å². The molecular weight excluding hydrogens is 200 g/mol. The van der Waals surface area contributed by atoms with Gasteiger partial charge in [0.2, 0.25) is 0 Å². The van der Waals surface area contributed by atoms with E-state index >= 15 is 0 Å². The molecule has 3 aliphatic carbocycles. The standard InChI is InChI=1S/C13H24N2O/c1-8-10-6-11(13(10,2)3)9(7-15(4)5)12(8)14-16/h8-11,16H,6-7H2,1-5H3/b14-12+. The van der Waals surface area contributed by atoms with E-state index in [0.29, 0.717) is 29.1 Å². The third-order valence-corrected chi connectivity index (χ3v) is 5.03. The van der Waals surface area contributed by atoms with Crippen LogP contribution in [0.25, 0.3) is 0 Å². The van der Waals surface area contributed by atoms with Gasteiger partial charge in [0.1, 0.15) is 0 Å². The molecule has 2 bridgehead atoms. The summed E-state index contributed by atoms with van der Waals surface area (Å²) in [5.74, 6) is 2.29. The lowest BCUT2D eigenvalue weighted by atomic mass is 9.42. The first-order chi connectivity index (χ1) is 7.39. The zero-order valence-corrected chi connectivity index (χ0v) is 11.1. The topological polar surface area (TPSA) is 35.8 Å². The Morgan fingerprint density at radius 3 is 2.44 bits per heavy atom. The van der Waals surface area contributed by atoms with E-state index in [1.807, 2.05) is 0 Å². The Kier molecular flexibility index (Phi) is 2.77. The summed E-state index contributed by atoms with van der Waals surface area (Å²) < 4.78 is 0. The van der Waals surface area contributed by atoms with Gasteiger partial charge in [0.15, 0.2) is 0 Å². The zero-order chi connectivity index (χ0) is 12.1. The summed E-state index contributed by atoms with van der Waals surface area (Å²) in [4.78, 5) is 2.21. The minimum Gasteiger partial charge on any atom is -0.411 e. The molecule has 0 aromatic carbocycles. The number of nitrogens with zero attached hydrogens (tertiary/aromatic N) is 2. The van der Waals surface area contributed by atoms with E-state index in [1.165, 1.54) is 6.42 Å². The Balaban J connectivity index is 2.25. The molecule has 3 rings (SSSR count). The molecule has 3 saturated carbocycles. The molecule has 0 saturated heterocycles. The molecule has 16 heavy (non-hydrogen) atoms. The predicted molar refractivity (Wildman–Crippen MR) is 65.8 cm³/mol. The van der Waals surface area contributed by atoms with Crippen LogP contribution in [0.5, 0.6) is 0 Å². The Bertz CT molecular complexity index is 309. The van der Waals surface area contributed by atoms with Crippen molar-refractivity contribution in [2.24, 2.45) is 34.2 Å². The van der Waals surface area contributed by atoms with Crippen LogP contribution in [0.1, 0.15) is 27.2 Å². The zero-order valence-electron chi connectivity index (χ0n) is 11.1. The van der Waals surface area contributed by atoms with E-state index < -0.39 is 0 Å². The Hall–Kier alpha value is -0.570. The first kappa shape index (κ1) is 11.9. The fraction of sp³-hybridized carbons (Fsp3) is 0.923. The van der Waals surface area contributed by atoms with Crippen LogP contribution in [-0.2, 0) is 0 Å². The molecule has 3 fully saturated rings. The lowest BCUT2D eigenvalue weighted by Crippen LogP contribution is -2.61. The quantitative estimate of drug-likeness (QED) is 0.577. The molecule has 3 nitrogen and oxygen atoms in total. The van der Waals surface area contributed by atoms with Gasteiger partial charge in [0.25, 0.3) is 0 Å². The van der Waals surface area contributed by atoms with Crippen LogP contribution < -0.4 is 0 Å². The van der Waals surface area contributed by atoms with Crippen LogP contribution >= 0.6 is 0 Å². The molecule has 1 N–H and O–H groups in total. The van der Waals surface area contributed by atoms with E-state index in [4.69, 9.17) is 0 Å². The summed E-state index contributed by atoms with van der Waals surface area (Å²) in [7, 11) is 4.19. The molecule has 0 spiro atoms. The number of hydrogen-bond donors (Lipinski definition) is 1. The second kappa shape index (κ2) is 3.73. The van der Waals surface area contributed by atoms with Crippen molar-refractivity contribution in [2.45, 2.75) is 27.2 Å². The molecule has 0 amide bonds.